The smallest absolute Gasteiger partial charge is 0.407 e. The van der Waals surface area contributed by atoms with E-state index in [1.54, 1.807) is 12.3 Å². The molecule has 186 valence electrons. The van der Waals surface area contributed by atoms with E-state index < -0.39 is 6.09 Å². The molecule has 2 fully saturated rings. The van der Waals surface area contributed by atoms with Gasteiger partial charge in [0.15, 0.2) is 11.5 Å². The number of nitrogens with two attached hydrogens (primary N) is 2. The SMILES string of the molecule is CC[C@H]1CN(c2cc(N)cc(Nc3nc(NC4CC4)c4ncc(N)n4n3)c2Cl)C[C@H]1NC(=O)OC. The van der Waals surface area contributed by atoms with Crippen molar-refractivity contribution in [1.29, 1.82) is 0 Å². The van der Waals surface area contributed by atoms with Crippen LogP contribution in [0.4, 0.5) is 39.4 Å². The van der Waals surface area contributed by atoms with Crippen molar-refractivity contribution >= 4 is 58.0 Å². The summed E-state index contributed by atoms with van der Waals surface area (Å²) in [5.41, 5.74) is 14.7. The van der Waals surface area contributed by atoms with Crippen LogP contribution in [0.1, 0.15) is 26.2 Å². The van der Waals surface area contributed by atoms with Gasteiger partial charge < -0.3 is 37.1 Å². The highest BCUT2D eigenvalue weighted by Crippen LogP contribution is 2.39. The quantitative estimate of drug-likeness (QED) is 0.305. The highest BCUT2D eigenvalue weighted by Gasteiger charge is 2.34. The second-order valence-electron chi connectivity index (χ2n) is 8.96. The number of anilines is 6. The number of nitrogens with one attached hydrogen (secondary N) is 3. The van der Waals surface area contributed by atoms with Gasteiger partial charge in [0.1, 0.15) is 5.82 Å². The van der Waals surface area contributed by atoms with Crippen molar-refractivity contribution in [3.63, 3.8) is 0 Å². The number of rotatable bonds is 7. The third-order valence-electron chi connectivity index (χ3n) is 6.42. The number of imidazole rings is 1. The summed E-state index contributed by atoms with van der Waals surface area (Å²) in [6.07, 6.45) is 4.17. The van der Waals surface area contributed by atoms with Crippen molar-refractivity contribution in [3.8, 4) is 0 Å². The summed E-state index contributed by atoms with van der Waals surface area (Å²) in [6, 6.07) is 3.88. The Morgan fingerprint density at radius 1 is 1.29 bits per heavy atom. The van der Waals surface area contributed by atoms with Gasteiger partial charge >= 0.3 is 6.09 Å². The molecule has 1 saturated heterocycles. The second-order valence-corrected chi connectivity index (χ2v) is 9.34. The summed E-state index contributed by atoms with van der Waals surface area (Å²) < 4.78 is 6.32. The van der Waals surface area contributed by atoms with Crippen LogP contribution < -0.4 is 32.3 Å². The molecular formula is C22H29ClN10O2. The molecule has 1 aliphatic heterocycles. The fourth-order valence-electron chi connectivity index (χ4n) is 4.40. The van der Waals surface area contributed by atoms with Crippen LogP contribution >= 0.6 is 11.6 Å². The molecule has 2 aliphatic rings. The average Bonchev–Trinajstić information content (AvgIpc) is 3.44. The molecule has 1 saturated carbocycles. The molecule has 1 amide bonds. The zero-order valence-electron chi connectivity index (χ0n) is 19.6. The number of benzene rings is 1. The molecule has 0 spiro atoms. The fourth-order valence-corrected chi connectivity index (χ4v) is 4.67. The summed E-state index contributed by atoms with van der Waals surface area (Å²) in [5.74, 6) is 1.55. The average molecular weight is 501 g/mol. The van der Waals surface area contributed by atoms with E-state index in [1.165, 1.54) is 11.6 Å². The number of carbonyl (C=O) groups excluding carboxylic acids is 1. The van der Waals surface area contributed by atoms with Crippen LogP contribution in [0.2, 0.25) is 5.02 Å². The largest absolute Gasteiger partial charge is 0.453 e. The first-order valence-corrected chi connectivity index (χ1v) is 12.0. The number of nitrogens with zero attached hydrogens (tertiary/aromatic N) is 5. The number of methoxy groups -OCH3 is 1. The molecule has 35 heavy (non-hydrogen) atoms. The van der Waals surface area contributed by atoms with Gasteiger partial charge in [-0.3, -0.25) is 0 Å². The lowest BCUT2D eigenvalue weighted by Crippen LogP contribution is -2.40. The first-order valence-electron chi connectivity index (χ1n) is 11.6. The summed E-state index contributed by atoms with van der Waals surface area (Å²) in [4.78, 5) is 22.9. The molecule has 2 atom stereocenters. The predicted molar refractivity (Wildman–Crippen MR) is 136 cm³/mol. The molecule has 3 heterocycles. The van der Waals surface area contributed by atoms with E-state index in [2.05, 4.69) is 42.8 Å². The Hall–Kier alpha value is -3.67. The standard InChI is InChI=1S/C22H29ClN10O2/c1-3-11-9-32(10-15(11)29-22(34)35-2)16-7-12(24)6-14(18(16)23)28-21-30-19(27-13-4-5-13)20-26-8-17(25)33(20)31-21/h6-8,11,13,15H,3-5,9-10,24-25H2,1-2H3,(H,29,34)(H2,27,28,30,31)/t11-,15+/m0/s1. The zero-order chi connectivity index (χ0) is 24.7. The number of halogens is 1. The predicted octanol–water partition coefficient (Wildman–Crippen LogP) is 2.83. The van der Waals surface area contributed by atoms with Crippen molar-refractivity contribution in [3.05, 3.63) is 23.4 Å². The number of ether oxygens (including phenoxy) is 1. The number of alkyl carbamates (subject to hydrolysis) is 1. The van der Waals surface area contributed by atoms with Crippen LogP contribution in [0.3, 0.4) is 0 Å². The van der Waals surface area contributed by atoms with Gasteiger partial charge in [-0.15, -0.1) is 5.10 Å². The van der Waals surface area contributed by atoms with Crippen LogP contribution in [-0.2, 0) is 4.74 Å². The Kier molecular flexibility index (Phi) is 6.05. The topological polar surface area (TPSA) is 161 Å². The van der Waals surface area contributed by atoms with Crippen LogP contribution in [0.15, 0.2) is 18.3 Å². The Morgan fingerprint density at radius 3 is 2.80 bits per heavy atom. The van der Waals surface area contributed by atoms with Crippen LogP contribution in [-0.4, -0.2) is 58.0 Å². The molecule has 1 aromatic carbocycles. The van der Waals surface area contributed by atoms with E-state index in [0.717, 1.165) is 31.5 Å². The van der Waals surface area contributed by atoms with Crippen LogP contribution in [0, 0.1) is 5.92 Å². The lowest BCUT2D eigenvalue weighted by atomic mass is 10.0. The monoisotopic (exact) mass is 500 g/mol. The number of nitrogen functional groups attached to an aromatic ring is 2. The van der Waals surface area contributed by atoms with Gasteiger partial charge in [-0.2, -0.15) is 9.50 Å². The third kappa shape index (κ3) is 4.65. The molecule has 0 bridgehead atoms. The molecule has 1 aliphatic carbocycles. The fraction of sp³-hybridized carbons (Fsp3) is 0.455. The molecule has 5 rings (SSSR count). The highest BCUT2D eigenvalue weighted by molar-refractivity contribution is 6.36. The minimum absolute atomic E-state index is 0.0626. The van der Waals surface area contributed by atoms with E-state index >= 15 is 0 Å². The Balaban J connectivity index is 1.44. The maximum absolute atomic E-state index is 11.8. The van der Waals surface area contributed by atoms with Gasteiger partial charge in [0.25, 0.3) is 0 Å². The maximum atomic E-state index is 11.8. The lowest BCUT2D eigenvalue weighted by molar-refractivity contribution is 0.164. The molecule has 7 N–H and O–H groups in total. The molecule has 12 nitrogen and oxygen atoms in total. The van der Waals surface area contributed by atoms with E-state index in [-0.39, 0.29) is 12.0 Å². The molecule has 2 aromatic heterocycles. The van der Waals surface area contributed by atoms with E-state index in [9.17, 15) is 4.79 Å². The number of hydrogen-bond acceptors (Lipinski definition) is 10. The third-order valence-corrected chi connectivity index (χ3v) is 6.82. The van der Waals surface area contributed by atoms with Gasteiger partial charge in [-0.05, 0) is 37.3 Å². The molecular weight excluding hydrogens is 472 g/mol. The van der Waals surface area contributed by atoms with E-state index in [1.807, 2.05) is 6.07 Å². The first-order chi connectivity index (χ1) is 16.9. The molecule has 0 radical (unpaired) electrons. The second kappa shape index (κ2) is 9.17. The Bertz CT molecular complexity index is 1260. The Labute approximate surface area is 207 Å². The van der Waals surface area contributed by atoms with Crippen molar-refractivity contribution in [2.45, 2.75) is 38.3 Å². The number of aromatic nitrogens is 4. The highest BCUT2D eigenvalue weighted by atomic mass is 35.5. The zero-order valence-corrected chi connectivity index (χ0v) is 20.3. The van der Waals surface area contributed by atoms with Gasteiger partial charge in [-0.1, -0.05) is 18.5 Å². The number of fused-ring (bicyclic) bond motifs is 1. The van der Waals surface area contributed by atoms with Crippen molar-refractivity contribution in [2.24, 2.45) is 5.92 Å². The number of carbonyl (C=O) groups is 1. The van der Waals surface area contributed by atoms with Crippen molar-refractivity contribution in [1.82, 2.24) is 24.9 Å². The summed E-state index contributed by atoms with van der Waals surface area (Å²) in [5, 5.41) is 14.5. The van der Waals surface area contributed by atoms with Gasteiger partial charge in [0, 0.05) is 24.8 Å². The van der Waals surface area contributed by atoms with Gasteiger partial charge in [-0.25, -0.2) is 9.78 Å². The first kappa shape index (κ1) is 23.1. The van der Waals surface area contributed by atoms with Crippen molar-refractivity contribution in [2.75, 3.05) is 47.2 Å². The summed E-state index contributed by atoms with van der Waals surface area (Å²) in [7, 11) is 1.36. The number of amides is 1. The van der Waals surface area contributed by atoms with Gasteiger partial charge in [0.05, 0.1) is 35.7 Å². The lowest BCUT2D eigenvalue weighted by Gasteiger charge is -2.22. The van der Waals surface area contributed by atoms with E-state index in [0.29, 0.717) is 52.2 Å². The van der Waals surface area contributed by atoms with Gasteiger partial charge in [0.2, 0.25) is 5.95 Å². The summed E-state index contributed by atoms with van der Waals surface area (Å²) >= 11 is 6.86. The molecule has 13 heteroatoms. The minimum atomic E-state index is -0.446. The normalized spacial score (nSPS) is 19.7. The minimum Gasteiger partial charge on any atom is -0.453 e. The molecule has 0 unspecified atom stereocenters. The van der Waals surface area contributed by atoms with Crippen molar-refractivity contribution < 1.29 is 9.53 Å². The summed E-state index contributed by atoms with van der Waals surface area (Å²) in [6.45, 7) is 3.40. The maximum Gasteiger partial charge on any atom is 0.407 e. The van der Waals surface area contributed by atoms with Crippen LogP contribution in [0.5, 0.6) is 0 Å². The van der Waals surface area contributed by atoms with E-state index in [4.69, 9.17) is 27.8 Å². The molecule has 3 aromatic rings. The van der Waals surface area contributed by atoms with Crippen LogP contribution in [0.25, 0.3) is 5.65 Å². The number of hydrogen-bond donors (Lipinski definition) is 5. The Morgan fingerprint density at radius 2 is 2.09 bits per heavy atom.